The smallest absolute Gasteiger partial charge is 0.252 e. The first kappa shape index (κ1) is 18.1. The Labute approximate surface area is 151 Å². The Morgan fingerprint density at radius 1 is 1.23 bits per heavy atom. The quantitative estimate of drug-likeness (QED) is 0.652. The van der Waals surface area contributed by atoms with Crippen LogP contribution in [-0.4, -0.2) is 28.0 Å². The molecule has 2 aromatic rings. The molecule has 26 heavy (non-hydrogen) atoms. The number of hydrogen-bond donors (Lipinski definition) is 4. The molecule has 0 bridgehead atoms. The highest BCUT2D eigenvalue weighted by atomic mass is 19.1. The number of nitrogens with zero attached hydrogens (tertiary/aromatic N) is 2. The van der Waals surface area contributed by atoms with Gasteiger partial charge in [-0.15, -0.1) is 0 Å². The summed E-state index contributed by atoms with van der Waals surface area (Å²) in [6.45, 7) is 1.89. The Bertz CT molecular complexity index is 812. The van der Waals surface area contributed by atoms with E-state index in [4.69, 9.17) is 11.5 Å². The maximum absolute atomic E-state index is 14.5. The van der Waals surface area contributed by atoms with Gasteiger partial charge in [-0.05, 0) is 37.5 Å². The zero-order valence-electron chi connectivity index (χ0n) is 14.6. The molecule has 1 aliphatic rings. The molecule has 0 saturated heterocycles. The number of carbonyl (C=O) groups is 1. The third kappa shape index (κ3) is 4.08. The monoisotopic (exact) mass is 358 g/mol. The number of nitrogens with two attached hydrogens (primary N) is 2. The van der Waals surface area contributed by atoms with Crippen molar-refractivity contribution in [3.63, 3.8) is 0 Å². The lowest BCUT2D eigenvalue weighted by Gasteiger charge is -2.30. The van der Waals surface area contributed by atoms with Gasteiger partial charge < -0.3 is 22.1 Å². The van der Waals surface area contributed by atoms with Crippen molar-refractivity contribution in [2.45, 2.75) is 44.7 Å². The van der Waals surface area contributed by atoms with Crippen LogP contribution < -0.4 is 22.1 Å². The SMILES string of the molecule is Cc1cncc(Nc2nc(NC3CCCCC3N)c(F)cc2C(N)=O)c1. The van der Waals surface area contributed by atoms with Gasteiger partial charge in [0.2, 0.25) is 0 Å². The lowest BCUT2D eigenvalue weighted by atomic mass is 9.91. The number of hydrogen-bond acceptors (Lipinski definition) is 6. The van der Waals surface area contributed by atoms with Gasteiger partial charge >= 0.3 is 0 Å². The molecule has 1 saturated carbocycles. The van der Waals surface area contributed by atoms with E-state index in [0.717, 1.165) is 37.3 Å². The maximum atomic E-state index is 14.5. The summed E-state index contributed by atoms with van der Waals surface area (Å²) in [6, 6.07) is 2.82. The van der Waals surface area contributed by atoms with Crippen LogP contribution in [0, 0.1) is 12.7 Å². The van der Waals surface area contributed by atoms with Crippen molar-refractivity contribution in [2.24, 2.45) is 11.5 Å². The van der Waals surface area contributed by atoms with Gasteiger partial charge in [-0.2, -0.15) is 0 Å². The van der Waals surface area contributed by atoms with Gasteiger partial charge in [-0.3, -0.25) is 9.78 Å². The second-order valence-electron chi connectivity index (χ2n) is 6.65. The molecule has 2 unspecified atom stereocenters. The Kier molecular flexibility index (Phi) is 5.32. The summed E-state index contributed by atoms with van der Waals surface area (Å²) in [5.41, 5.74) is 13.0. The van der Waals surface area contributed by atoms with Crippen LogP contribution in [0.4, 0.5) is 21.7 Å². The molecule has 1 aliphatic carbocycles. The van der Waals surface area contributed by atoms with Crippen molar-refractivity contribution >= 4 is 23.2 Å². The van der Waals surface area contributed by atoms with Crippen LogP contribution in [0.1, 0.15) is 41.6 Å². The average molecular weight is 358 g/mol. The lowest BCUT2D eigenvalue weighted by molar-refractivity contribution is 0.100. The number of aromatic nitrogens is 2. The molecule has 0 aromatic carbocycles. The molecule has 0 spiro atoms. The minimum Gasteiger partial charge on any atom is -0.365 e. The first-order chi connectivity index (χ1) is 12.4. The van der Waals surface area contributed by atoms with Crippen molar-refractivity contribution in [1.29, 1.82) is 0 Å². The molecule has 2 aromatic heterocycles. The standard InChI is InChI=1S/C18H23FN6O/c1-10-6-11(9-22-8-10)23-17-12(16(21)26)7-13(19)18(25-17)24-15-5-3-2-4-14(15)20/h6-9,14-15H,2-5,20H2,1H3,(H2,21,26)(H2,23,24,25). The molecule has 1 fully saturated rings. The van der Waals surface area contributed by atoms with E-state index in [9.17, 15) is 9.18 Å². The molecule has 1 amide bonds. The fourth-order valence-corrected chi connectivity index (χ4v) is 3.15. The first-order valence-corrected chi connectivity index (χ1v) is 8.65. The van der Waals surface area contributed by atoms with E-state index in [1.807, 2.05) is 13.0 Å². The van der Waals surface area contributed by atoms with Crippen molar-refractivity contribution in [3.05, 3.63) is 41.5 Å². The van der Waals surface area contributed by atoms with Crippen LogP contribution in [0.3, 0.4) is 0 Å². The van der Waals surface area contributed by atoms with Gasteiger partial charge in [-0.25, -0.2) is 9.37 Å². The van der Waals surface area contributed by atoms with Crippen molar-refractivity contribution in [1.82, 2.24) is 9.97 Å². The van der Waals surface area contributed by atoms with Gasteiger partial charge in [-0.1, -0.05) is 12.8 Å². The lowest BCUT2D eigenvalue weighted by Crippen LogP contribution is -2.43. The van der Waals surface area contributed by atoms with E-state index in [1.54, 1.807) is 12.4 Å². The summed E-state index contributed by atoms with van der Waals surface area (Å²) < 4.78 is 14.5. The predicted octanol–water partition coefficient (Wildman–Crippen LogP) is 2.45. The van der Waals surface area contributed by atoms with E-state index < -0.39 is 11.7 Å². The van der Waals surface area contributed by atoms with Crippen LogP contribution in [0.5, 0.6) is 0 Å². The summed E-state index contributed by atoms with van der Waals surface area (Å²) in [6.07, 6.45) is 7.14. The summed E-state index contributed by atoms with van der Waals surface area (Å²) >= 11 is 0. The topological polar surface area (TPSA) is 119 Å². The normalized spacial score (nSPS) is 19.8. The van der Waals surface area contributed by atoms with Crippen LogP contribution >= 0.6 is 0 Å². The molecule has 138 valence electrons. The minimum atomic E-state index is -0.763. The molecule has 7 nitrogen and oxygen atoms in total. The van der Waals surface area contributed by atoms with Gasteiger partial charge in [0.05, 0.1) is 17.4 Å². The molecule has 8 heteroatoms. The molecular weight excluding hydrogens is 335 g/mol. The van der Waals surface area contributed by atoms with Gasteiger partial charge in [0.1, 0.15) is 5.82 Å². The molecule has 6 N–H and O–H groups in total. The van der Waals surface area contributed by atoms with E-state index in [0.29, 0.717) is 5.69 Å². The van der Waals surface area contributed by atoms with Crippen LogP contribution in [0.2, 0.25) is 0 Å². The Hall–Kier alpha value is -2.74. The average Bonchev–Trinajstić information content (AvgIpc) is 2.59. The Balaban J connectivity index is 1.92. The molecule has 2 atom stereocenters. The molecule has 0 radical (unpaired) electrons. The van der Waals surface area contributed by atoms with Gasteiger partial charge in [0.25, 0.3) is 5.91 Å². The summed E-state index contributed by atoms with van der Waals surface area (Å²) in [7, 11) is 0. The second-order valence-corrected chi connectivity index (χ2v) is 6.65. The first-order valence-electron chi connectivity index (χ1n) is 8.65. The Morgan fingerprint density at radius 3 is 2.69 bits per heavy atom. The van der Waals surface area contributed by atoms with Crippen LogP contribution in [-0.2, 0) is 0 Å². The number of primary amides is 1. The zero-order chi connectivity index (χ0) is 18.7. The maximum Gasteiger partial charge on any atom is 0.252 e. The van der Waals surface area contributed by atoms with Gasteiger partial charge in [0, 0.05) is 18.3 Å². The highest BCUT2D eigenvalue weighted by Gasteiger charge is 2.24. The van der Waals surface area contributed by atoms with Crippen molar-refractivity contribution in [3.8, 4) is 0 Å². The highest BCUT2D eigenvalue weighted by molar-refractivity contribution is 5.98. The fraction of sp³-hybridized carbons (Fsp3) is 0.389. The third-order valence-corrected chi connectivity index (χ3v) is 4.52. The highest BCUT2D eigenvalue weighted by Crippen LogP contribution is 2.26. The number of nitrogens with one attached hydrogen (secondary N) is 2. The third-order valence-electron chi connectivity index (χ3n) is 4.52. The van der Waals surface area contributed by atoms with E-state index in [-0.39, 0.29) is 29.3 Å². The predicted molar refractivity (Wildman–Crippen MR) is 98.8 cm³/mol. The van der Waals surface area contributed by atoms with E-state index in [1.165, 1.54) is 0 Å². The number of anilines is 3. The number of aryl methyl sites for hydroxylation is 1. The summed E-state index contributed by atoms with van der Waals surface area (Å²) in [5.74, 6) is -1.16. The minimum absolute atomic E-state index is 0.0255. The summed E-state index contributed by atoms with van der Waals surface area (Å²) in [4.78, 5) is 20.1. The molecule has 2 heterocycles. The van der Waals surface area contributed by atoms with E-state index >= 15 is 0 Å². The number of amides is 1. The number of carbonyl (C=O) groups excluding carboxylic acids is 1. The molecular formula is C18H23FN6O. The fourth-order valence-electron chi connectivity index (χ4n) is 3.15. The largest absolute Gasteiger partial charge is 0.365 e. The molecule has 0 aliphatic heterocycles. The van der Waals surface area contributed by atoms with Gasteiger partial charge in [0.15, 0.2) is 11.6 Å². The number of rotatable bonds is 5. The van der Waals surface area contributed by atoms with Crippen molar-refractivity contribution < 1.29 is 9.18 Å². The Morgan fingerprint density at radius 2 is 2.00 bits per heavy atom. The number of halogens is 1. The van der Waals surface area contributed by atoms with E-state index in [2.05, 4.69) is 20.6 Å². The zero-order valence-corrected chi connectivity index (χ0v) is 14.6. The van der Waals surface area contributed by atoms with Crippen molar-refractivity contribution in [2.75, 3.05) is 10.6 Å². The van der Waals surface area contributed by atoms with Crippen LogP contribution in [0.15, 0.2) is 24.5 Å². The second kappa shape index (κ2) is 7.65. The molecule has 3 rings (SSSR count). The van der Waals surface area contributed by atoms with Crippen LogP contribution in [0.25, 0.3) is 0 Å². The number of pyridine rings is 2. The summed E-state index contributed by atoms with van der Waals surface area (Å²) in [5, 5.41) is 6.08.